The molecule has 0 unspecified atom stereocenters. The van der Waals surface area contributed by atoms with Crippen molar-refractivity contribution in [3.63, 3.8) is 0 Å². The van der Waals surface area contributed by atoms with Crippen LogP contribution in [0.5, 0.6) is 17.2 Å². The molecule has 204 valence electrons. The summed E-state index contributed by atoms with van der Waals surface area (Å²) in [4.78, 5) is 14.5. The standard InChI is InChI=1S/C35H34O5/c1-23-31(25-13-8-16-28(19-25)38-2)22-35(37,27-15-10-18-30(21-27)40-4)33(34(36)24-11-6-5-7-12-24)32(23)26-14-9-17-29(20-26)39-3/h5-23,32-33,37H,1-4H3/t23-,32+,33-,35+/m0/s1. The van der Waals surface area contributed by atoms with E-state index in [0.29, 0.717) is 22.6 Å². The summed E-state index contributed by atoms with van der Waals surface area (Å²) in [5, 5.41) is 12.9. The number of hydrogen-bond acceptors (Lipinski definition) is 5. The second kappa shape index (κ2) is 11.4. The maximum absolute atomic E-state index is 14.5. The molecule has 4 aromatic rings. The van der Waals surface area contributed by atoms with Gasteiger partial charge in [0.2, 0.25) is 0 Å². The third kappa shape index (κ3) is 5.01. The number of allylic oxidation sites excluding steroid dienone is 1. The molecule has 0 saturated carbocycles. The highest BCUT2D eigenvalue weighted by Gasteiger charge is 2.52. The van der Waals surface area contributed by atoms with Crippen LogP contribution in [0.2, 0.25) is 0 Å². The molecule has 1 aliphatic rings. The molecule has 0 radical (unpaired) electrons. The number of Topliss-reactive ketones (excluding diaryl/α,β-unsaturated/α-hetero) is 1. The van der Waals surface area contributed by atoms with Gasteiger partial charge in [0.05, 0.1) is 27.2 Å². The first-order valence-corrected chi connectivity index (χ1v) is 13.4. The molecule has 0 aliphatic heterocycles. The topological polar surface area (TPSA) is 65.0 Å². The molecule has 0 saturated heterocycles. The molecule has 0 heterocycles. The van der Waals surface area contributed by atoms with Gasteiger partial charge in [0, 0.05) is 11.5 Å². The summed E-state index contributed by atoms with van der Waals surface area (Å²) in [5.41, 5.74) is 2.24. The van der Waals surface area contributed by atoms with E-state index in [1.165, 1.54) is 0 Å². The predicted octanol–water partition coefficient (Wildman–Crippen LogP) is 6.92. The van der Waals surface area contributed by atoms with Crippen molar-refractivity contribution in [1.82, 2.24) is 0 Å². The summed E-state index contributed by atoms with van der Waals surface area (Å²) < 4.78 is 16.6. The molecule has 0 aromatic heterocycles. The summed E-state index contributed by atoms with van der Waals surface area (Å²) >= 11 is 0. The van der Waals surface area contributed by atoms with Crippen LogP contribution in [0.25, 0.3) is 5.57 Å². The lowest BCUT2D eigenvalue weighted by molar-refractivity contribution is 0.00489. The molecule has 4 atom stereocenters. The first-order chi connectivity index (χ1) is 19.4. The number of carbonyl (C=O) groups excluding carboxylic acids is 1. The average Bonchev–Trinajstić information content (AvgIpc) is 3.02. The molecule has 5 nitrogen and oxygen atoms in total. The molecule has 1 aliphatic carbocycles. The Hall–Kier alpha value is -4.35. The van der Waals surface area contributed by atoms with E-state index >= 15 is 0 Å². The minimum Gasteiger partial charge on any atom is -0.497 e. The Balaban J connectivity index is 1.82. The molecular weight excluding hydrogens is 500 g/mol. The van der Waals surface area contributed by atoms with Gasteiger partial charge in [-0.15, -0.1) is 0 Å². The SMILES string of the molecule is COc1cccc(C2=C[C@@](O)(c3cccc(OC)c3)[C@H](C(=O)c3ccccc3)[C@@H](c3cccc(OC)c3)[C@H]2C)c1. The van der Waals surface area contributed by atoms with E-state index in [1.54, 1.807) is 21.3 Å². The van der Waals surface area contributed by atoms with E-state index < -0.39 is 11.5 Å². The van der Waals surface area contributed by atoms with Gasteiger partial charge in [0.25, 0.3) is 0 Å². The number of aliphatic hydroxyl groups is 1. The van der Waals surface area contributed by atoms with Crippen molar-refractivity contribution in [3.05, 3.63) is 131 Å². The van der Waals surface area contributed by atoms with Gasteiger partial charge in [0.1, 0.15) is 22.8 Å². The highest BCUT2D eigenvalue weighted by atomic mass is 16.5. The van der Waals surface area contributed by atoms with Gasteiger partial charge in [-0.2, -0.15) is 0 Å². The molecule has 40 heavy (non-hydrogen) atoms. The van der Waals surface area contributed by atoms with Crippen LogP contribution >= 0.6 is 0 Å². The second-order valence-corrected chi connectivity index (χ2v) is 10.2. The van der Waals surface area contributed by atoms with E-state index in [4.69, 9.17) is 14.2 Å². The molecule has 5 heteroatoms. The Morgan fingerprint density at radius 2 is 1.32 bits per heavy atom. The highest BCUT2D eigenvalue weighted by Crippen LogP contribution is 2.54. The Bertz CT molecular complexity index is 1530. The lowest BCUT2D eigenvalue weighted by Crippen LogP contribution is -2.47. The second-order valence-electron chi connectivity index (χ2n) is 10.2. The van der Waals surface area contributed by atoms with Crippen molar-refractivity contribution >= 4 is 11.4 Å². The molecule has 4 aromatic carbocycles. The van der Waals surface area contributed by atoms with Crippen LogP contribution in [0.1, 0.15) is 39.9 Å². The Kier molecular flexibility index (Phi) is 7.76. The Morgan fingerprint density at radius 3 is 2.00 bits per heavy atom. The fraction of sp³-hybridized carbons (Fsp3) is 0.229. The zero-order valence-corrected chi connectivity index (χ0v) is 23.2. The van der Waals surface area contributed by atoms with E-state index in [9.17, 15) is 9.90 Å². The minimum absolute atomic E-state index is 0.133. The Morgan fingerprint density at radius 1 is 0.725 bits per heavy atom. The zero-order valence-electron chi connectivity index (χ0n) is 23.2. The van der Waals surface area contributed by atoms with Gasteiger partial charge in [-0.3, -0.25) is 4.79 Å². The summed E-state index contributed by atoms with van der Waals surface area (Å²) in [6.45, 7) is 2.12. The predicted molar refractivity (Wildman–Crippen MR) is 157 cm³/mol. The maximum Gasteiger partial charge on any atom is 0.170 e. The number of rotatable bonds is 8. The number of methoxy groups -OCH3 is 3. The van der Waals surface area contributed by atoms with Gasteiger partial charge in [0.15, 0.2) is 5.78 Å². The van der Waals surface area contributed by atoms with E-state index in [-0.39, 0.29) is 17.6 Å². The van der Waals surface area contributed by atoms with Crippen molar-refractivity contribution in [2.24, 2.45) is 11.8 Å². The molecule has 0 fully saturated rings. The van der Waals surface area contributed by atoms with Gasteiger partial charge in [-0.05, 0) is 70.7 Å². The molecule has 0 bridgehead atoms. The van der Waals surface area contributed by atoms with Crippen LogP contribution in [-0.2, 0) is 5.60 Å². The largest absolute Gasteiger partial charge is 0.497 e. The summed E-state index contributed by atoms with van der Waals surface area (Å²) in [7, 11) is 4.86. The van der Waals surface area contributed by atoms with Crippen LogP contribution < -0.4 is 14.2 Å². The minimum atomic E-state index is -1.65. The quantitative estimate of drug-likeness (QED) is 0.249. The first-order valence-electron chi connectivity index (χ1n) is 13.4. The number of hydrogen-bond donors (Lipinski definition) is 1. The normalized spacial score (nSPS) is 22.2. The van der Waals surface area contributed by atoms with Crippen molar-refractivity contribution < 1.29 is 24.1 Å². The summed E-state index contributed by atoms with van der Waals surface area (Å²) in [6, 6.07) is 32.1. The lowest BCUT2D eigenvalue weighted by atomic mass is 9.58. The van der Waals surface area contributed by atoms with Gasteiger partial charge < -0.3 is 19.3 Å². The van der Waals surface area contributed by atoms with Crippen molar-refractivity contribution in [1.29, 1.82) is 0 Å². The molecule has 0 amide bonds. The molecule has 1 N–H and O–H groups in total. The van der Waals surface area contributed by atoms with Crippen LogP contribution in [0.15, 0.2) is 109 Å². The third-order valence-electron chi connectivity index (χ3n) is 7.99. The summed E-state index contributed by atoms with van der Waals surface area (Å²) in [5.74, 6) is 0.525. The number of carbonyl (C=O) groups is 1. The Labute approximate surface area is 235 Å². The smallest absolute Gasteiger partial charge is 0.170 e. The van der Waals surface area contributed by atoms with Crippen LogP contribution in [0.4, 0.5) is 0 Å². The van der Waals surface area contributed by atoms with Gasteiger partial charge in [-0.25, -0.2) is 0 Å². The monoisotopic (exact) mass is 534 g/mol. The molecule has 5 rings (SSSR count). The summed E-state index contributed by atoms with van der Waals surface area (Å²) in [6.07, 6.45) is 1.86. The zero-order chi connectivity index (χ0) is 28.3. The lowest BCUT2D eigenvalue weighted by Gasteiger charge is -2.46. The molecular formula is C35H34O5. The fourth-order valence-electron chi connectivity index (χ4n) is 5.97. The average molecular weight is 535 g/mol. The molecule has 0 spiro atoms. The van der Waals surface area contributed by atoms with Gasteiger partial charge in [-0.1, -0.05) is 73.7 Å². The highest BCUT2D eigenvalue weighted by molar-refractivity contribution is 6.00. The van der Waals surface area contributed by atoms with Crippen LogP contribution in [0, 0.1) is 11.8 Å². The number of benzene rings is 4. The number of ketones is 1. The van der Waals surface area contributed by atoms with Crippen molar-refractivity contribution in [2.75, 3.05) is 21.3 Å². The van der Waals surface area contributed by atoms with E-state index in [0.717, 1.165) is 22.4 Å². The van der Waals surface area contributed by atoms with Gasteiger partial charge >= 0.3 is 0 Å². The van der Waals surface area contributed by atoms with Crippen LogP contribution in [0.3, 0.4) is 0 Å². The fourth-order valence-corrected chi connectivity index (χ4v) is 5.97. The van der Waals surface area contributed by atoms with Crippen molar-refractivity contribution in [3.8, 4) is 17.2 Å². The third-order valence-corrected chi connectivity index (χ3v) is 7.99. The van der Waals surface area contributed by atoms with E-state index in [2.05, 4.69) is 6.92 Å². The van der Waals surface area contributed by atoms with E-state index in [1.807, 2.05) is 109 Å². The number of ether oxygens (including phenoxy) is 3. The first kappa shape index (κ1) is 27.2. The maximum atomic E-state index is 14.5. The van der Waals surface area contributed by atoms with Crippen LogP contribution in [-0.4, -0.2) is 32.2 Å². The van der Waals surface area contributed by atoms with Crippen molar-refractivity contribution in [2.45, 2.75) is 18.4 Å².